The van der Waals surface area contributed by atoms with Gasteiger partial charge in [0.15, 0.2) is 11.0 Å². The minimum absolute atomic E-state index is 0.0525. The van der Waals surface area contributed by atoms with Gasteiger partial charge >= 0.3 is 0 Å². The molecule has 25 heavy (non-hydrogen) atoms. The monoisotopic (exact) mass is 350 g/mol. The Balaban J connectivity index is 1.69. The molecule has 7 heteroatoms. The van der Waals surface area contributed by atoms with Gasteiger partial charge in [-0.1, -0.05) is 41.8 Å². The van der Waals surface area contributed by atoms with E-state index in [4.69, 9.17) is 0 Å². The summed E-state index contributed by atoms with van der Waals surface area (Å²) in [7, 11) is 1.86. The number of thioether (sulfide) groups is 1. The quantitative estimate of drug-likeness (QED) is 0.311. The van der Waals surface area contributed by atoms with Crippen molar-refractivity contribution in [1.29, 1.82) is 0 Å². The zero-order valence-corrected chi connectivity index (χ0v) is 14.2. The molecule has 1 heterocycles. The van der Waals surface area contributed by atoms with E-state index in [2.05, 4.69) is 22.0 Å². The van der Waals surface area contributed by atoms with Crippen LogP contribution >= 0.6 is 11.8 Å². The Hall–Kier alpha value is -3.11. The molecular formula is C18H14N4O2S. The Morgan fingerprint density at radius 3 is 2.52 bits per heavy atom. The second kappa shape index (κ2) is 7.64. The molecule has 0 radical (unpaired) electrons. The van der Waals surface area contributed by atoms with Gasteiger partial charge in [0.05, 0.1) is 10.7 Å². The highest BCUT2D eigenvalue weighted by Gasteiger charge is 2.12. The van der Waals surface area contributed by atoms with Gasteiger partial charge in [0.2, 0.25) is 0 Å². The van der Waals surface area contributed by atoms with E-state index >= 15 is 0 Å². The Labute approximate surface area is 149 Å². The van der Waals surface area contributed by atoms with Crippen molar-refractivity contribution >= 4 is 17.4 Å². The van der Waals surface area contributed by atoms with Gasteiger partial charge in [-0.25, -0.2) is 0 Å². The Kier molecular flexibility index (Phi) is 5.11. The predicted octanol–water partition coefficient (Wildman–Crippen LogP) is 3.53. The van der Waals surface area contributed by atoms with Crippen LogP contribution in [0.5, 0.6) is 0 Å². The molecule has 3 aromatic rings. The lowest BCUT2D eigenvalue weighted by molar-refractivity contribution is -0.384. The normalized spacial score (nSPS) is 10.1. The number of hydrogen-bond acceptors (Lipinski definition) is 5. The molecule has 0 spiro atoms. The maximum atomic E-state index is 10.7. The van der Waals surface area contributed by atoms with Gasteiger partial charge < -0.3 is 4.57 Å². The van der Waals surface area contributed by atoms with Gasteiger partial charge in [0.25, 0.3) is 5.69 Å². The number of nitro groups is 1. The second-order valence-corrected chi connectivity index (χ2v) is 6.07. The van der Waals surface area contributed by atoms with Crippen LogP contribution in [0.3, 0.4) is 0 Å². The van der Waals surface area contributed by atoms with Gasteiger partial charge in [-0.15, -0.1) is 10.2 Å². The number of nitrogens with zero attached hydrogens (tertiary/aromatic N) is 4. The summed E-state index contributed by atoms with van der Waals surface area (Å²) in [6.45, 7) is 0. The molecule has 0 N–H and O–H groups in total. The van der Waals surface area contributed by atoms with E-state index in [1.165, 1.54) is 23.9 Å². The van der Waals surface area contributed by atoms with Crippen LogP contribution in [0.4, 0.5) is 5.69 Å². The lowest BCUT2D eigenvalue weighted by Crippen LogP contribution is -1.95. The van der Waals surface area contributed by atoms with E-state index in [1.54, 1.807) is 12.1 Å². The SMILES string of the molecule is Cn1c(SCC#Cc2ccccc2)nnc1-c1ccc([N+](=O)[O-])cc1. The van der Waals surface area contributed by atoms with Crippen LogP contribution in [0.2, 0.25) is 0 Å². The first-order valence-corrected chi connectivity index (χ1v) is 8.44. The fraction of sp³-hybridized carbons (Fsp3) is 0.111. The van der Waals surface area contributed by atoms with Crippen molar-refractivity contribution in [2.45, 2.75) is 5.16 Å². The molecule has 0 saturated heterocycles. The van der Waals surface area contributed by atoms with Crippen molar-refractivity contribution < 1.29 is 4.92 Å². The first-order chi connectivity index (χ1) is 12.1. The summed E-state index contributed by atoms with van der Waals surface area (Å²) in [6, 6.07) is 16.1. The van der Waals surface area contributed by atoms with E-state index in [0.29, 0.717) is 11.6 Å². The smallest absolute Gasteiger partial charge is 0.269 e. The molecule has 124 valence electrons. The number of aromatic nitrogens is 3. The molecule has 0 aliphatic rings. The van der Waals surface area contributed by atoms with Crippen LogP contribution in [0.1, 0.15) is 5.56 Å². The van der Waals surface area contributed by atoms with Crippen molar-refractivity contribution in [2.75, 3.05) is 5.75 Å². The number of hydrogen-bond donors (Lipinski definition) is 0. The molecule has 0 fully saturated rings. The number of rotatable bonds is 4. The average molecular weight is 350 g/mol. The minimum atomic E-state index is -0.423. The van der Waals surface area contributed by atoms with Crippen molar-refractivity contribution in [1.82, 2.24) is 14.8 Å². The molecule has 0 unspecified atom stereocenters. The van der Waals surface area contributed by atoms with Crippen LogP contribution in [0.15, 0.2) is 59.8 Å². The standard InChI is InChI=1S/C18H14N4O2S/c1-21-17(15-9-11-16(12-10-15)22(23)24)19-20-18(21)25-13-5-8-14-6-3-2-4-7-14/h2-4,6-7,9-12H,13H2,1H3. The fourth-order valence-electron chi connectivity index (χ4n) is 2.18. The number of nitro benzene ring substituents is 1. The van der Waals surface area contributed by atoms with Crippen LogP contribution in [0, 0.1) is 22.0 Å². The van der Waals surface area contributed by atoms with Gasteiger partial charge in [-0.05, 0) is 24.3 Å². The Bertz CT molecular complexity index is 941. The summed E-state index contributed by atoms with van der Waals surface area (Å²) in [6.07, 6.45) is 0. The fourth-order valence-corrected chi connectivity index (χ4v) is 2.84. The van der Waals surface area contributed by atoms with Crippen molar-refractivity contribution in [3.8, 4) is 23.2 Å². The average Bonchev–Trinajstić information content (AvgIpc) is 3.00. The highest BCUT2D eigenvalue weighted by Crippen LogP contribution is 2.24. The molecule has 1 aromatic heterocycles. The molecule has 0 aliphatic heterocycles. The van der Waals surface area contributed by atoms with Crippen molar-refractivity contribution in [3.63, 3.8) is 0 Å². The lowest BCUT2D eigenvalue weighted by Gasteiger charge is -2.02. The molecule has 0 aliphatic carbocycles. The summed E-state index contributed by atoms with van der Waals surface area (Å²) in [5, 5.41) is 19.8. The Morgan fingerprint density at radius 2 is 1.84 bits per heavy atom. The third kappa shape index (κ3) is 4.05. The molecule has 0 saturated carbocycles. The molecule has 6 nitrogen and oxygen atoms in total. The second-order valence-electron chi connectivity index (χ2n) is 5.13. The summed E-state index contributed by atoms with van der Waals surface area (Å²) < 4.78 is 1.86. The predicted molar refractivity (Wildman–Crippen MR) is 97.1 cm³/mol. The van der Waals surface area contributed by atoms with Crippen LogP contribution in [0.25, 0.3) is 11.4 Å². The highest BCUT2D eigenvalue weighted by molar-refractivity contribution is 7.99. The van der Waals surface area contributed by atoms with E-state index in [0.717, 1.165) is 16.3 Å². The largest absolute Gasteiger partial charge is 0.305 e. The zero-order valence-electron chi connectivity index (χ0n) is 13.4. The molecule has 0 amide bonds. The molecule has 3 rings (SSSR count). The molecule has 0 bridgehead atoms. The van der Waals surface area contributed by atoms with Crippen LogP contribution in [-0.4, -0.2) is 25.4 Å². The van der Waals surface area contributed by atoms with Gasteiger partial charge in [-0.3, -0.25) is 10.1 Å². The van der Waals surface area contributed by atoms with Gasteiger partial charge in [-0.2, -0.15) is 0 Å². The van der Waals surface area contributed by atoms with Gasteiger partial charge in [0.1, 0.15) is 0 Å². The number of benzene rings is 2. The molecule has 2 aromatic carbocycles. The van der Waals surface area contributed by atoms with Crippen molar-refractivity contribution in [3.05, 3.63) is 70.3 Å². The number of non-ortho nitro benzene ring substituents is 1. The van der Waals surface area contributed by atoms with E-state index in [-0.39, 0.29) is 5.69 Å². The summed E-state index contributed by atoms with van der Waals surface area (Å²) in [4.78, 5) is 10.3. The summed E-state index contributed by atoms with van der Waals surface area (Å²) in [5.41, 5.74) is 1.81. The van der Waals surface area contributed by atoms with E-state index in [1.807, 2.05) is 41.9 Å². The summed E-state index contributed by atoms with van der Waals surface area (Å²) >= 11 is 1.50. The zero-order chi connectivity index (χ0) is 17.6. The first kappa shape index (κ1) is 16.7. The summed E-state index contributed by atoms with van der Waals surface area (Å²) in [5.74, 6) is 7.46. The van der Waals surface area contributed by atoms with Crippen LogP contribution in [-0.2, 0) is 7.05 Å². The minimum Gasteiger partial charge on any atom is -0.305 e. The van der Waals surface area contributed by atoms with Crippen molar-refractivity contribution in [2.24, 2.45) is 7.05 Å². The first-order valence-electron chi connectivity index (χ1n) is 7.46. The molecular weight excluding hydrogens is 336 g/mol. The maximum absolute atomic E-state index is 10.7. The highest BCUT2D eigenvalue weighted by atomic mass is 32.2. The van der Waals surface area contributed by atoms with Gasteiger partial charge in [0, 0.05) is 30.3 Å². The Morgan fingerprint density at radius 1 is 1.12 bits per heavy atom. The third-order valence-electron chi connectivity index (χ3n) is 3.45. The molecule has 0 atom stereocenters. The van der Waals surface area contributed by atoms with Crippen LogP contribution < -0.4 is 0 Å². The maximum Gasteiger partial charge on any atom is 0.269 e. The van der Waals surface area contributed by atoms with E-state index in [9.17, 15) is 10.1 Å². The topological polar surface area (TPSA) is 73.8 Å². The van der Waals surface area contributed by atoms with E-state index < -0.39 is 4.92 Å². The third-order valence-corrected chi connectivity index (χ3v) is 4.35. The lowest BCUT2D eigenvalue weighted by atomic mass is 10.2.